The zero-order chi connectivity index (χ0) is 21.0. The minimum Gasteiger partial charge on any atom is -0.488 e. The molecule has 0 N–H and O–H groups in total. The van der Waals surface area contributed by atoms with Gasteiger partial charge in [-0.3, -0.25) is 0 Å². The quantitative estimate of drug-likeness (QED) is 0.232. The number of benzene rings is 2. The van der Waals surface area contributed by atoms with Gasteiger partial charge < -0.3 is 9.47 Å². The normalized spacial score (nSPS) is 20.3. The monoisotopic (exact) mass is 406 g/mol. The van der Waals surface area contributed by atoms with Gasteiger partial charge in [-0.25, -0.2) is 22.4 Å². The van der Waals surface area contributed by atoms with Gasteiger partial charge in [-0.05, 0) is 49.4 Å². The standard InChI is InChI=1S/C22H18F4O3/c1-9-6-17(28-8-14-15(23)7-16(24)20(26)19(14)25)11(3)18-12(9)4-5-13-10(2)22(27)29-21(13)18/h6-7,13,21H,2,4-5,8H2,1,3H3/t13-,21+/m0/s1. The van der Waals surface area contributed by atoms with Crippen LogP contribution >= 0.6 is 0 Å². The summed E-state index contributed by atoms with van der Waals surface area (Å²) < 4.78 is 65.6. The maximum atomic E-state index is 13.9. The first-order valence-electron chi connectivity index (χ1n) is 9.18. The largest absolute Gasteiger partial charge is 0.488 e. The molecule has 2 aromatic carbocycles. The van der Waals surface area contributed by atoms with Gasteiger partial charge in [0, 0.05) is 23.1 Å². The van der Waals surface area contributed by atoms with Crippen molar-refractivity contribution >= 4 is 5.97 Å². The molecule has 1 heterocycles. The van der Waals surface area contributed by atoms with Crippen LogP contribution in [0.25, 0.3) is 0 Å². The molecule has 0 bridgehead atoms. The third-order valence-electron chi connectivity index (χ3n) is 5.80. The second-order valence-corrected chi connectivity index (χ2v) is 7.44. The number of ether oxygens (including phenoxy) is 2. The maximum Gasteiger partial charge on any atom is 0.334 e. The van der Waals surface area contributed by atoms with Crippen molar-refractivity contribution in [2.45, 2.75) is 39.4 Å². The van der Waals surface area contributed by atoms with E-state index in [0.29, 0.717) is 16.9 Å². The molecule has 0 spiro atoms. The summed E-state index contributed by atoms with van der Waals surface area (Å²) in [7, 11) is 0. The molecule has 3 nitrogen and oxygen atoms in total. The van der Waals surface area contributed by atoms with Gasteiger partial charge >= 0.3 is 5.97 Å². The van der Waals surface area contributed by atoms with Crippen molar-refractivity contribution in [3.05, 3.63) is 75.4 Å². The van der Waals surface area contributed by atoms with E-state index in [1.807, 2.05) is 6.92 Å². The highest BCUT2D eigenvalue weighted by molar-refractivity contribution is 5.91. The minimum atomic E-state index is -1.75. The molecule has 2 aliphatic rings. The SMILES string of the molecule is C=C1C(=O)O[C@H]2c3c(C)c(OCc4c(F)cc(F)c(F)c4F)cc(C)c3CC[C@@H]12. The highest BCUT2D eigenvalue weighted by atomic mass is 19.2. The number of carbonyl (C=O) groups is 1. The number of rotatable bonds is 3. The first kappa shape index (κ1) is 19.5. The maximum absolute atomic E-state index is 13.9. The van der Waals surface area contributed by atoms with Crippen molar-refractivity contribution in [1.29, 1.82) is 0 Å². The lowest BCUT2D eigenvalue weighted by molar-refractivity contribution is -0.139. The summed E-state index contributed by atoms with van der Waals surface area (Å²) in [6.45, 7) is 6.84. The fourth-order valence-electron chi connectivity index (χ4n) is 4.21. The molecule has 0 unspecified atom stereocenters. The summed E-state index contributed by atoms with van der Waals surface area (Å²) in [5.74, 6) is -6.40. The average Bonchev–Trinajstić information content (AvgIpc) is 2.97. The summed E-state index contributed by atoms with van der Waals surface area (Å²) in [6, 6.07) is 2.02. The van der Waals surface area contributed by atoms with Crippen molar-refractivity contribution in [3.8, 4) is 5.75 Å². The first-order valence-corrected chi connectivity index (χ1v) is 9.18. The molecule has 4 rings (SSSR count). The van der Waals surface area contributed by atoms with E-state index in [4.69, 9.17) is 9.47 Å². The van der Waals surface area contributed by atoms with E-state index >= 15 is 0 Å². The van der Waals surface area contributed by atoms with E-state index in [-0.39, 0.29) is 12.0 Å². The highest BCUT2D eigenvalue weighted by Gasteiger charge is 2.44. The van der Waals surface area contributed by atoms with Crippen LogP contribution in [-0.2, 0) is 22.6 Å². The van der Waals surface area contributed by atoms with Crippen LogP contribution in [0.15, 0.2) is 24.3 Å². The van der Waals surface area contributed by atoms with E-state index in [9.17, 15) is 22.4 Å². The van der Waals surface area contributed by atoms with Crippen LogP contribution in [-0.4, -0.2) is 5.97 Å². The van der Waals surface area contributed by atoms with Crippen LogP contribution in [0.2, 0.25) is 0 Å². The fourth-order valence-corrected chi connectivity index (χ4v) is 4.21. The molecule has 152 valence electrons. The number of carbonyl (C=O) groups excluding carboxylic acids is 1. The van der Waals surface area contributed by atoms with Crippen LogP contribution in [0, 0.1) is 43.0 Å². The molecule has 29 heavy (non-hydrogen) atoms. The van der Waals surface area contributed by atoms with Crippen LogP contribution in [0.4, 0.5) is 17.6 Å². The molecule has 2 aromatic rings. The van der Waals surface area contributed by atoms with E-state index in [0.717, 1.165) is 29.5 Å². The summed E-state index contributed by atoms with van der Waals surface area (Å²) in [4.78, 5) is 12.0. The van der Waals surface area contributed by atoms with E-state index in [1.54, 1.807) is 13.0 Å². The molecular formula is C22H18F4O3. The van der Waals surface area contributed by atoms with Gasteiger partial charge in [0.25, 0.3) is 0 Å². The van der Waals surface area contributed by atoms with Crippen LogP contribution < -0.4 is 4.74 Å². The number of halogens is 4. The Morgan fingerprint density at radius 3 is 2.59 bits per heavy atom. The first-order chi connectivity index (χ1) is 13.7. The minimum absolute atomic E-state index is 0.121. The Morgan fingerprint density at radius 2 is 1.86 bits per heavy atom. The van der Waals surface area contributed by atoms with Crippen LogP contribution in [0.1, 0.15) is 40.3 Å². The van der Waals surface area contributed by atoms with Gasteiger partial charge in [-0.1, -0.05) is 6.58 Å². The Bertz CT molecular complexity index is 1060. The number of aryl methyl sites for hydroxylation is 1. The number of hydrogen-bond acceptors (Lipinski definition) is 3. The Kier molecular flexibility index (Phi) is 4.63. The Morgan fingerprint density at radius 1 is 1.14 bits per heavy atom. The molecule has 7 heteroatoms. The van der Waals surface area contributed by atoms with Crippen molar-refractivity contribution in [1.82, 2.24) is 0 Å². The number of esters is 1. The molecule has 1 aliphatic carbocycles. The Balaban J connectivity index is 1.70. The third kappa shape index (κ3) is 2.99. The summed E-state index contributed by atoms with van der Waals surface area (Å²) >= 11 is 0. The smallest absolute Gasteiger partial charge is 0.334 e. The number of fused-ring (bicyclic) bond motifs is 3. The molecule has 0 aromatic heterocycles. The van der Waals surface area contributed by atoms with Gasteiger partial charge in [-0.2, -0.15) is 0 Å². The van der Waals surface area contributed by atoms with Gasteiger partial charge in [0.2, 0.25) is 0 Å². The van der Waals surface area contributed by atoms with Gasteiger partial charge in [0.1, 0.15) is 24.3 Å². The fraction of sp³-hybridized carbons (Fsp3) is 0.318. The van der Waals surface area contributed by atoms with Crippen LogP contribution in [0.5, 0.6) is 5.75 Å². The second kappa shape index (κ2) is 6.90. The van der Waals surface area contributed by atoms with Crippen LogP contribution in [0.3, 0.4) is 0 Å². The molecule has 0 amide bonds. The van der Waals surface area contributed by atoms with E-state index < -0.39 is 47.5 Å². The average molecular weight is 406 g/mol. The molecular weight excluding hydrogens is 388 g/mol. The third-order valence-corrected chi connectivity index (χ3v) is 5.80. The molecule has 2 atom stereocenters. The molecule has 1 fully saturated rings. The van der Waals surface area contributed by atoms with Crippen molar-refractivity contribution in [2.24, 2.45) is 5.92 Å². The summed E-state index contributed by atoms with van der Waals surface area (Å²) in [5.41, 5.74) is 3.16. The van der Waals surface area contributed by atoms with E-state index in [1.165, 1.54) is 0 Å². The Labute approximate surface area is 164 Å². The lowest BCUT2D eigenvalue weighted by Crippen LogP contribution is -2.20. The molecule has 1 saturated heterocycles. The second-order valence-electron chi connectivity index (χ2n) is 7.44. The molecule has 1 aliphatic heterocycles. The Hall–Kier alpha value is -2.83. The lowest BCUT2D eigenvalue weighted by Gasteiger charge is -2.30. The summed E-state index contributed by atoms with van der Waals surface area (Å²) in [6.07, 6.45) is 1.01. The molecule has 0 radical (unpaired) electrons. The van der Waals surface area contributed by atoms with E-state index in [2.05, 4.69) is 6.58 Å². The van der Waals surface area contributed by atoms with Gasteiger partial charge in [0.15, 0.2) is 17.5 Å². The van der Waals surface area contributed by atoms with Crippen molar-refractivity contribution < 1.29 is 31.8 Å². The van der Waals surface area contributed by atoms with Gasteiger partial charge in [0.05, 0.1) is 5.56 Å². The van der Waals surface area contributed by atoms with Crippen molar-refractivity contribution in [3.63, 3.8) is 0 Å². The zero-order valence-electron chi connectivity index (χ0n) is 15.9. The summed E-state index contributed by atoms with van der Waals surface area (Å²) in [5, 5.41) is 0. The van der Waals surface area contributed by atoms with Crippen molar-refractivity contribution in [2.75, 3.05) is 0 Å². The lowest BCUT2D eigenvalue weighted by atomic mass is 9.76. The zero-order valence-corrected chi connectivity index (χ0v) is 15.9. The predicted molar refractivity (Wildman–Crippen MR) is 96.3 cm³/mol. The highest BCUT2D eigenvalue weighted by Crippen LogP contribution is 2.49. The number of hydrogen-bond donors (Lipinski definition) is 0. The molecule has 0 saturated carbocycles. The van der Waals surface area contributed by atoms with Gasteiger partial charge in [-0.15, -0.1) is 0 Å². The predicted octanol–water partition coefficient (Wildman–Crippen LogP) is 5.16. The topological polar surface area (TPSA) is 35.5 Å².